The van der Waals surface area contributed by atoms with Crippen LogP contribution in [-0.2, 0) is 6.42 Å². The lowest BCUT2D eigenvalue weighted by Crippen LogP contribution is -2.33. The van der Waals surface area contributed by atoms with E-state index in [1.54, 1.807) is 0 Å². The molecule has 1 N–H and O–H groups in total. The van der Waals surface area contributed by atoms with Gasteiger partial charge in [-0.15, -0.1) is 0 Å². The van der Waals surface area contributed by atoms with Crippen LogP contribution < -0.4 is 5.32 Å². The second-order valence-electron chi connectivity index (χ2n) is 6.79. The molecule has 21 heavy (non-hydrogen) atoms. The highest BCUT2D eigenvalue weighted by atomic mass is 16.5. The standard InChI is InChI=1S/C17H29N3O/c1-2-18-15(13-10-11-13)12-16-19-17(20-21-16)14-8-6-4-3-5-7-9-14/h13-15,18H,2-12H2,1H3. The van der Waals surface area contributed by atoms with E-state index in [1.807, 2.05) is 0 Å². The molecule has 4 heteroatoms. The molecule has 2 aliphatic rings. The zero-order valence-corrected chi connectivity index (χ0v) is 13.3. The fourth-order valence-electron chi connectivity index (χ4n) is 3.59. The zero-order valence-electron chi connectivity index (χ0n) is 13.3. The van der Waals surface area contributed by atoms with E-state index < -0.39 is 0 Å². The van der Waals surface area contributed by atoms with E-state index in [2.05, 4.69) is 17.4 Å². The number of hydrogen-bond acceptors (Lipinski definition) is 4. The van der Waals surface area contributed by atoms with Crippen LogP contribution in [0.3, 0.4) is 0 Å². The van der Waals surface area contributed by atoms with Crippen LogP contribution >= 0.6 is 0 Å². The molecule has 2 aliphatic carbocycles. The van der Waals surface area contributed by atoms with E-state index >= 15 is 0 Å². The Kier molecular flexibility index (Phi) is 5.28. The Morgan fingerprint density at radius 2 is 1.81 bits per heavy atom. The van der Waals surface area contributed by atoms with Gasteiger partial charge in [0, 0.05) is 18.4 Å². The topological polar surface area (TPSA) is 51.0 Å². The molecule has 4 nitrogen and oxygen atoms in total. The molecule has 118 valence electrons. The summed E-state index contributed by atoms with van der Waals surface area (Å²) in [6, 6.07) is 0.528. The SMILES string of the molecule is CCNC(Cc1nc(C2CCCCCCC2)no1)C1CC1. The third-order valence-electron chi connectivity index (χ3n) is 5.01. The summed E-state index contributed by atoms with van der Waals surface area (Å²) < 4.78 is 5.54. The van der Waals surface area contributed by atoms with Crippen molar-refractivity contribution in [2.45, 2.75) is 83.1 Å². The molecule has 0 amide bonds. The number of nitrogens with zero attached hydrogens (tertiary/aromatic N) is 2. The van der Waals surface area contributed by atoms with Gasteiger partial charge in [-0.25, -0.2) is 0 Å². The maximum atomic E-state index is 5.54. The zero-order chi connectivity index (χ0) is 14.5. The second-order valence-corrected chi connectivity index (χ2v) is 6.79. The van der Waals surface area contributed by atoms with Crippen molar-refractivity contribution in [3.05, 3.63) is 11.7 Å². The summed E-state index contributed by atoms with van der Waals surface area (Å²) in [6.45, 7) is 3.19. The Morgan fingerprint density at radius 3 is 2.48 bits per heavy atom. The summed E-state index contributed by atoms with van der Waals surface area (Å²) in [5.41, 5.74) is 0. The van der Waals surface area contributed by atoms with Gasteiger partial charge in [0.1, 0.15) is 0 Å². The van der Waals surface area contributed by atoms with Gasteiger partial charge < -0.3 is 9.84 Å². The van der Waals surface area contributed by atoms with Gasteiger partial charge in [-0.1, -0.05) is 44.2 Å². The molecule has 0 saturated heterocycles. The minimum Gasteiger partial charge on any atom is -0.339 e. The van der Waals surface area contributed by atoms with Gasteiger partial charge in [-0.3, -0.25) is 0 Å². The van der Waals surface area contributed by atoms with Crippen molar-refractivity contribution in [3.63, 3.8) is 0 Å². The lowest BCUT2D eigenvalue weighted by atomic mass is 9.91. The van der Waals surface area contributed by atoms with Gasteiger partial charge in [-0.05, 0) is 38.1 Å². The monoisotopic (exact) mass is 291 g/mol. The minimum absolute atomic E-state index is 0.528. The second kappa shape index (κ2) is 7.39. The summed E-state index contributed by atoms with van der Waals surface area (Å²) in [7, 11) is 0. The highest BCUT2D eigenvalue weighted by molar-refractivity contribution is 4.99. The lowest BCUT2D eigenvalue weighted by Gasteiger charge is -2.16. The molecular formula is C17H29N3O. The van der Waals surface area contributed by atoms with Crippen LogP contribution in [0.15, 0.2) is 4.52 Å². The first-order valence-electron chi connectivity index (χ1n) is 8.92. The highest BCUT2D eigenvalue weighted by Gasteiger charge is 2.32. The quantitative estimate of drug-likeness (QED) is 0.865. The van der Waals surface area contributed by atoms with Crippen molar-refractivity contribution in [1.82, 2.24) is 15.5 Å². The number of rotatable bonds is 6. The summed E-state index contributed by atoms with van der Waals surface area (Å²) >= 11 is 0. The molecule has 3 rings (SSSR count). The molecule has 1 aromatic rings. The van der Waals surface area contributed by atoms with Crippen molar-refractivity contribution in [3.8, 4) is 0 Å². The van der Waals surface area contributed by atoms with Crippen LogP contribution in [0.4, 0.5) is 0 Å². The van der Waals surface area contributed by atoms with Gasteiger partial charge in [0.05, 0.1) is 0 Å². The molecule has 1 atom stereocenters. The predicted octanol–water partition coefficient (Wildman–Crippen LogP) is 3.83. The average molecular weight is 291 g/mol. The van der Waals surface area contributed by atoms with Crippen LogP contribution in [0.25, 0.3) is 0 Å². The van der Waals surface area contributed by atoms with Crippen LogP contribution in [-0.4, -0.2) is 22.7 Å². The van der Waals surface area contributed by atoms with Crippen LogP contribution in [0.5, 0.6) is 0 Å². The molecule has 0 aliphatic heterocycles. The molecule has 0 aromatic carbocycles. The third-order valence-corrected chi connectivity index (χ3v) is 5.01. The van der Waals surface area contributed by atoms with E-state index in [1.165, 1.54) is 57.8 Å². The van der Waals surface area contributed by atoms with Crippen LogP contribution in [0, 0.1) is 5.92 Å². The minimum atomic E-state index is 0.528. The Morgan fingerprint density at radius 1 is 1.10 bits per heavy atom. The summed E-state index contributed by atoms with van der Waals surface area (Å²) in [6.07, 6.45) is 12.8. The molecule has 1 unspecified atom stereocenters. The van der Waals surface area contributed by atoms with E-state index in [0.29, 0.717) is 12.0 Å². The molecule has 1 heterocycles. The van der Waals surface area contributed by atoms with Crippen molar-refractivity contribution in [1.29, 1.82) is 0 Å². The average Bonchev–Trinajstić information content (AvgIpc) is 3.19. The Bertz CT molecular complexity index is 419. The summed E-state index contributed by atoms with van der Waals surface area (Å²) in [5.74, 6) is 3.16. The van der Waals surface area contributed by atoms with E-state index in [0.717, 1.165) is 30.6 Å². The van der Waals surface area contributed by atoms with E-state index in [9.17, 15) is 0 Å². The van der Waals surface area contributed by atoms with Gasteiger partial charge in [0.15, 0.2) is 5.82 Å². The maximum Gasteiger partial charge on any atom is 0.228 e. The van der Waals surface area contributed by atoms with Gasteiger partial charge in [-0.2, -0.15) is 4.98 Å². The van der Waals surface area contributed by atoms with Crippen molar-refractivity contribution in [2.24, 2.45) is 5.92 Å². The number of aromatic nitrogens is 2. The third kappa shape index (κ3) is 4.29. The van der Waals surface area contributed by atoms with Crippen LogP contribution in [0.1, 0.15) is 82.3 Å². The van der Waals surface area contributed by atoms with Crippen molar-refractivity contribution < 1.29 is 4.52 Å². The first-order valence-corrected chi connectivity index (χ1v) is 8.92. The smallest absolute Gasteiger partial charge is 0.228 e. The molecular weight excluding hydrogens is 262 g/mol. The summed E-state index contributed by atoms with van der Waals surface area (Å²) in [5, 5.41) is 7.86. The molecule has 0 radical (unpaired) electrons. The molecule has 0 spiro atoms. The maximum absolute atomic E-state index is 5.54. The van der Waals surface area contributed by atoms with Gasteiger partial charge in [0.25, 0.3) is 0 Å². The molecule has 2 saturated carbocycles. The molecule has 2 fully saturated rings. The fourth-order valence-corrected chi connectivity index (χ4v) is 3.59. The van der Waals surface area contributed by atoms with Gasteiger partial charge >= 0.3 is 0 Å². The number of likely N-dealkylation sites (N-methyl/N-ethyl adjacent to an activating group) is 1. The predicted molar refractivity (Wildman–Crippen MR) is 83.3 cm³/mol. The largest absolute Gasteiger partial charge is 0.339 e. The first-order chi connectivity index (χ1) is 10.4. The number of hydrogen-bond donors (Lipinski definition) is 1. The fraction of sp³-hybridized carbons (Fsp3) is 0.882. The normalized spacial score (nSPS) is 22.7. The van der Waals surface area contributed by atoms with Crippen molar-refractivity contribution in [2.75, 3.05) is 6.54 Å². The van der Waals surface area contributed by atoms with Crippen molar-refractivity contribution >= 4 is 0 Å². The first kappa shape index (κ1) is 15.0. The van der Waals surface area contributed by atoms with E-state index in [-0.39, 0.29) is 0 Å². The van der Waals surface area contributed by atoms with Crippen LogP contribution in [0.2, 0.25) is 0 Å². The lowest BCUT2D eigenvalue weighted by molar-refractivity contribution is 0.339. The summed E-state index contributed by atoms with van der Waals surface area (Å²) in [4.78, 5) is 4.72. The molecule has 1 aromatic heterocycles. The number of nitrogens with one attached hydrogen (secondary N) is 1. The highest BCUT2D eigenvalue weighted by Crippen LogP contribution is 2.34. The Hall–Kier alpha value is -0.900. The van der Waals surface area contributed by atoms with E-state index in [4.69, 9.17) is 9.51 Å². The Labute approximate surface area is 128 Å². The van der Waals surface area contributed by atoms with Gasteiger partial charge in [0.2, 0.25) is 5.89 Å². The Balaban J connectivity index is 1.59. The molecule has 0 bridgehead atoms.